The van der Waals surface area contributed by atoms with E-state index in [-0.39, 0.29) is 5.41 Å². The highest BCUT2D eigenvalue weighted by Gasteiger charge is 2.20. The van der Waals surface area contributed by atoms with Gasteiger partial charge in [-0.05, 0) is 36.2 Å². The number of benzene rings is 2. The van der Waals surface area contributed by atoms with Gasteiger partial charge in [0.2, 0.25) is 0 Å². The van der Waals surface area contributed by atoms with Crippen molar-refractivity contribution in [3.05, 3.63) is 65.7 Å². The molecule has 0 unspecified atom stereocenters. The number of nitrogens with zero attached hydrogens (tertiary/aromatic N) is 1. The molecule has 128 valence electrons. The van der Waals surface area contributed by atoms with E-state index in [4.69, 9.17) is 5.11 Å². The zero-order chi connectivity index (χ0) is 17.6. The van der Waals surface area contributed by atoms with Crippen LogP contribution in [0, 0.1) is 5.41 Å². The molecule has 0 aliphatic carbocycles. The summed E-state index contributed by atoms with van der Waals surface area (Å²) in [6.45, 7) is 7.05. The van der Waals surface area contributed by atoms with E-state index in [1.165, 1.54) is 5.56 Å². The van der Waals surface area contributed by atoms with Crippen molar-refractivity contribution in [1.29, 1.82) is 0 Å². The van der Waals surface area contributed by atoms with Crippen LogP contribution in [-0.2, 0) is 6.54 Å². The van der Waals surface area contributed by atoms with Crippen LogP contribution in [0.1, 0.15) is 29.8 Å². The fourth-order valence-electron chi connectivity index (χ4n) is 2.84. The van der Waals surface area contributed by atoms with Crippen LogP contribution in [0.25, 0.3) is 0 Å². The van der Waals surface area contributed by atoms with Gasteiger partial charge in [0, 0.05) is 25.3 Å². The Balaban J connectivity index is 1.88. The molecule has 0 spiro atoms. The Morgan fingerprint density at radius 2 is 1.83 bits per heavy atom. The van der Waals surface area contributed by atoms with Gasteiger partial charge in [0.25, 0.3) is 0 Å². The highest BCUT2D eigenvalue weighted by molar-refractivity contribution is 5.88. The summed E-state index contributed by atoms with van der Waals surface area (Å²) in [7, 11) is 2.12. The summed E-state index contributed by atoms with van der Waals surface area (Å²) in [5.41, 5.74) is 2.51. The second-order valence-corrected chi connectivity index (χ2v) is 7.06. The maximum Gasteiger partial charge on any atom is 0.335 e. The van der Waals surface area contributed by atoms with Crippen molar-refractivity contribution < 1.29 is 9.90 Å². The summed E-state index contributed by atoms with van der Waals surface area (Å²) in [5.74, 6) is -0.902. The molecular formula is C20H26N2O2. The summed E-state index contributed by atoms with van der Waals surface area (Å²) in [4.78, 5) is 13.3. The Hall–Kier alpha value is -2.33. The normalized spacial score (nSPS) is 11.5. The van der Waals surface area contributed by atoms with Crippen LogP contribution < -0.4 is 5.32 Å². The van der Waals surface area contributed by atoms with Crippen LogP contribution in [0.4, 0.5) is 5.69 Å². The molecule has 0 amide bonds. The van der Waals surface area contributed by atoms with Crippen molar-refractivity contribution in [3.8, 4) is 0 Å². The Bertz CT molecular complexity index is 668. The van der Waals surface area contributed by atoms with E-state index in [0.717, 1.165) is 25.3 Å². The minimum Gasteiger partial charge on any atom is -0.478 e. The SMILES string of the molecule is CN(Cc1ccccc1)CC(C)(C)CNc1cccc(C(=O)O)c1. The van der Waals surface area contributed by atoms with Gasteiger partial charge in [-0.3, -0.25) is 0 Å². The lowest BCUT2D eigenvalue weighted by molar-refractivity contribution is 0.0697. The largest absolute Gasteiger partial charge is 0.478 e. The molecular weight excluding hydrogens is 300 g/mol. The Morgan fingerprint density at radius 3 is 2.50 bits per heavy atom. The maximum absolute atomic E-state index is 11.0. The lowest BCUT2D eigenvalue weighted by Gasteiger charge is -2.31. The lowest BCUT2D eigenvalue weighted by Crippen LogP contribution is -2.36. The predicted molar refractivity (Wildman–Crippen MR) is 98.4 cm³/mol. The van der Waals surface area contributed by atoms with Crippen LogP contribution in [0.15, 0.2) is 54.6 Å². The van der Waals surface area contributed by atoms with Crippen molar-refractivity contribution in [3.63, 3.8) is 0 Å². The van der Waals surface area contributed by atoms with Gasteiger partial charge in [0.05, 0.1) is 5.56 Å². The molecule has 0 aliphatic rings. The van der Waals surface area contributed by atoms with Gasteiger partial charge in [-0.1, -0.05) is 50.2 Å². The molecule has 0 fully saturated rings. The zero-order valence-corrected chi connectivity index (χ0v) is 14.6. The first-order valence-corrected chi connectivity index (χ1v) is 8.15. The van der Waals surface area contributed by atoms with Gasteiger partial charge in [-0.25, -0.2) is 4.79 Å². The highest BCUT2D eigenvalue weighted by atomic mass is 16.4. The molecule has 0 saturated heterocycles. The minimum absolute atomic E-state index is 0.0583. The smallest absolute Gasteiger partial charge is 0.335 e. The van der Waals surface area contributed by atoms with Crippen LogP contribution in [0.5, 0.6) is 0 Å². The molecule has 4 heteroatoms. The van der Waals surface area contributed by atoms with E-state index in [0.29, 0.717) is 5.56 Å². The summed E-state index contributed by atoms with van der Waals surface area (Å²) in [6, 6.07) is 17.4. The van der Waals surface area contributed by atoms with Gasteiger partial charge in [-0.2, -0.15) is 0 Å². The number of nitrogens with one attached hydrogen (secondary N) is 1. The van der Waals surface area contributed by atoms with E-state index >= 15 is 0 Å². The van der Waals surface area contributed by atoms with Crippen molar-refractivity contribution in [2.75, 3.05) is 25.5 Å². The number of rotatable bonds is 8. The third-order valence-electron chi connectivity index (χ3n) is 3.87. The molecule has 0 bridgehead atoms. The molecule has 0 atom stereocenters. The molecule has 2 aromatic rings. The molecule has 4 nitrogen and oxygen atoms in total. The average Bonchev–Trinajstić information content (AvgIpc) is 2.53. The highest BCUT2D eigenvalue weighted by Crippen LogP contribution is 2.20. The first kappa shape index (κ1) is 18.0. The fourth-order valence-corrected chi connectivity index (χ4v) is 2.84. The van der Waals surface area contributed by atoms with Gasteiger partial charge in [-0.15, -0.1) is 0 Å². The second kappa shape index (κ2) is 7.97. The van der Waals surface area contributed by atoms with Gasteiger partial charge >= 0.3 is 5.97 Å². The van der Waals surface area contributed by atoms with Crippen LogP contribution in [-0.4, -0.2) is 36.1 Å². The predicted octanol–water partition coefficient (Wildman–Crippen LogP) is 3.95. The first-order chi connectivity index (χ1) is 11.4. The summed E-state index contributed by atoms with van der Waals surface area (Å²) >= 11 is 0. The number of hydrogen-bond donors (Lipinski definition) is 2. The van der Waals surface area contributed by atoms with Crippen molar-refractivity contribution in [2.24, 2.45) is 5.41 Å². The molecule has 0 saturated carbocycles. The number of aromatic carboxylic acids is 1. The van der Waals surface area contributed by atoms with E-state index in [1.54, 1.807) is 18.2 Å². The number of carboxylic acid groups (broad SMARTS) is 1. The Labute approximate surface area is 144 Å². The topological polar surface area (TPSA) is 52.6 Å². The van der Waals surface area contributed by atoms with Crippen molar-refractivity contribution in [1.82, 2.24) is 4.90 Å². The second-order valence-electron chi connectivity index (χ2n) is 7.06. The van der Waals surface area contributed by atoms with Crippen LogP contribution in [0.3, 0.4) is 0 Å². The van der Waals surface area contributed by atoms with Gasteiger partial charge < -0.3 is 15.3 Å². The molecule has 0 aliphatic heterocycles. The standard InChI is InChI=1S/C20H26N2O2/c1-20(2,15-22(3)13-16-8-5-4-6-9-16)14-21-18-11-7-10-17(12-18)19(23)24/h4-12,21H,13-15H2,1-3H3,(H,23,24). The molecule has 0 heterocycles. The van der Waals surface area contributed by atoms with E-state index in [2.05, 4.69) is 55.4 Å². The maximum atomic E-state index is 11.0. The molecule has 0 aromatic heterocycles. The number of carbonyl (C=O) groups is 1. The van der Waals surface area contributed by atoms with Gasteiger partial charge in [0.1, 0.15) is 0 Å². The Morgan fingerprint density at radius 1 is 1.12 bits per heavy atom. The number of anilines is 1. The molecule has 24 heavy (non-hydrogen) atoms. The molecule has 0 radical (unpaired) electrons. The monoisotopic (exact) mass is 326 g/mol. The van der Waals surface area contributed by atoms with Crippen LogP contribution >= 0.6 is 0 Å². The molecule has 2 N–H and O–H groups in total. The van der Waals surface area contributed by atoms with Gasteiger partial charge in [0.15, 0.2) is 0 Å². The number of carboxylic acids is 1. The summed E-state index contributed by atoms with van der Waals surface area (Å²) < 4.78 is 0. The summed E-state index contributed by atoms with van der Waals surface area (Å²) in [6.07, 6.45) is 0. The van der Waals surface area contributed by atoms with E-state index in [1.807, 2.05) is 12.1 Å². The third-order valence-corrected chi connectivity index (χ3v) is 3.87. The number of hydrogen-bond acceptors (Lipinski definition) is 3. The van der Waals surface area contributed by atoms with Crippen molar-refractivity contribution >= 4 is 11.7 Å². The lowest BCUT2D eigenvalue weighted by atomic mass is 9.92. The van der Waals surface area contributed by atoms with Crippen LogP contribution in [0.2, 0.25) is 0 Å². The zero-order valence-electron chi connectivity index (χ0n) is 14.6. The quantitative estimate of drug-likeness (QED) is 0.771. The van der Waals surface area contributed by atoms with E-state index < -0.39 is 5.97 Å². The fraction of sp³-hybridized carbons (Fsp3) is 0.350. The van der Waals surface area contributed by atoms with E-state index in [9.17, 15) is 4.79 Å². The summed E-state index contributed by atoms with van der Waals surface area (Å²) in [5, 5.41) is 12.4. The Kier molecular flexibility index (Phi) is 5.99. The average molecular weight is 326 g/mol. The van der Waals surface area contributed by atoms with Crippen molar-refractivity contribution in [2.45, 2.75) is 20.4 Å². The minimum atomic E-state index is -0.902. The third kappa shape index (κ3) is 5.70. The first-order valence-electron chi connectivity index (χ1n) is 8.15. The molecule has 2 aromatic carbocycles. The molecule has 2 rings (SSSR count).